The molecule has 1 aromatic heterocycles. The molecular weight excluding hydrogens is 372 g/mol. The van der Waals surface area contributed by atoms with Crippen LogP contribution < -0.4 is 4.90 Å². The number of methoxy groups -OCH3 is 1. The molecular formula is C18H19BrN2O3. The van der Waals surface area contributed by atoms with Gasteiger partial charge in [0.05, 0.1) is 25.3 Å². The summed E-state index contributed by atoms with van der Waals surface area (Å²) in [6.07, 6.45) is 2.87. The SMILES string of the molecule is C=CCOC1CCN(c2cc(C(=O)OC)nc3ccc(Br)cc23)C1. The highest BCUT2D eigenvalue weighted by Crippen LogP contribution is 2.32. The fourth-order valence-electron chi connectivity index (χ4n) is 2.94. The Labute approximate surface area is 149 Å². The Hall–Kier alpha value is -1.92. The zero-order valence-corrected chi connectivity index (χ0v) is 15.1. The number of hydrogen-bond acceptors (Lipinski definition) is 5. The third kappa shape index (κ3) is 3.44. The van der Waals surface area contributed by atoms with Gasteiger partial charge in [0.15, 0.2) is 5.69 Å². The quantitative estimate of drug-likeness (QED) is 0.576. The first-order valence-electron chi connectivity index (χ1n) is 7.78. The molecule has 6 heteroatoms. The molecule has 0 saturated carbocycles. The van der Waals surface area contributed by atoms with Gasteiger partial charge in [0.2, 0.25) is 0 Å². The number of rotatable bonds is 5. The molecule has 1 saturated heterocycles. The Balaban J connectivity index is 2.00. The van der Waals surface area contributed by atoms with E-state index in [2.05, 4.69) is 32.4 Å². The second-order valence-corrected chi connectivity index (χ2v) is 6.57. The number of halogens is 1. The van der Waals surface area contributed by atoms with Gasteiger partial charge in [-0.2, -0.15) is 0 Å². The number of esters is 1. The smallest absolute Gasteiger partial charge is 0.356 e. The van der Waals surface area contributed by atoms with E-state index in [1.54, 1.807) is 12.1 Å². The molecule has 126 valence electrons. The molecule has 0 radical (unpaired) electrons. The second-order valence-electron chi connectivity index (χ2n) is 5.66. The molecule has 0 amide bonds. The lowest BCUT2D eigenvalue weighted by Gasteiger charge is -2.21. The van der Waals surface area contributed by atoms with E-state index < -0.39 is 5.97 Å². The zero-order valence-electron chi connectivity index (χ0n) is 13.5. The molecule has 5 nitrogen and oxygen atoms in total. The minimum atomic E-state index is -0.431. The number of pyridine rings is 1. The number of benzene rings is 1. The fraction of sp³-hybridized carbons (Fsp3) is 0.333. The zero-order chi connectivity index (χ0) is 17.1. The molecule has 1 aromatic carbocycles. The van der Waals surface area contributed by atoms with Gasteiger partial charge in [-0.15, -0.1) is 6.58 Å². The van der Waals surface area contributed by atoms with Crippen molar-refractivity contribution in [2.24, 2.45) is 0 Å². The molecule has 1 fully saturated rings. The summed E-state index contributed by atoms with van der Waals surface area (Å²) >= 11 is 3.51. The summed E-state index contributed by atoms with van der Waals surface area (Å²) in [5, 5.41) is 1.00. The van der Waals surface area contributed by atoms with Crippen molar-refractivity contribution in [3.63, 3.8) is 0 Å². The maximum absolute atomic E-state index is 11.9. The van der Waals surface area contributed by atoms with Crippen molar-refractivity contribution >= 4 is 38.5 Å². The molecule has 1 atom stereocenters. The summed E-state index contributed by atoms with van der Waals surface area (Å²) in [5.74, 6) is -0.431. The highest BCUT2D eigenvalue weighted by Gasteiger charge is 2.25. The maximum Gasteiger partial charge on any atom is 0.356 e. The molecule has 0 bridgehead atoms. The summed E-state index contributed by atoms with van der Waals surface area (Å²) in [6.45, 7) is 5.88. The standard InChI is InChI=1S/C18H19BrN2O3/c1-3-8-24-13-6-7-21(11-13)17-10-16(18(22)23-2)20-15-5-4-12(19)9-14(15)17/h3-5,9-10,13H,1,6-8,11H2,2H3. The number of carbonyl (C=O) groups is 1. The average Bonchev–Trinajstić information content (AvgIpc) is 3.07. The van der Waals surface area contributed by atoms with Crippen LogP contribution in [-0.2, 0) is 9.47 Å². The van der Waals surface area contributed by atoms with Crippen LogP contribution in [0.4, 0.5) is 5.69 Å². The Bertz CT molecular complexity index is 778. The van der Waals surface area contributed by atoms with E-state index in [1.165, 1.54) is 7.11 Å². The maximum atomic E-state index is 11.9. The van der Waals surface area contributed by atoms with Gasteiger partial charge in [-0.1, -0.05) is 22.0 Å². The fourth-order valence-corrected chi connectivity index (χ4v) is 3.30. The van der Waals surface area contributed by atoms with Crippen LogP contribution in [0.2, 0.25) is 0 Å². The molecule has 3 rings (SSSR count). The van der Waals surface area contributed by atoms with Crippen molar-refractivity contribution in [2.45, 2.75) is 12.5 Å². The highest BCUT2D eigenvalue weighted by molar-refractivity contribution is 9.10. The van der Waals surface area contributed by atoms with E-state index >= 15 is 0 Å². The molecule has 1 aliphatic rings. The van der Waals surface area contributed by atoms with Crippen LogP contribution in [0.15, 0.2) is 41.4 Å². The number of aromatic nitrogens is 1. The van der Waals surface area contributed by atoms with Crippen molar-refractivity contribution in [3.05, 3.63) is 47.1 Å². The lowest BCUT2D eigenvalue weighted by atomic mass is 10.1. The lowest BCUT2D eigenvalue weighted by Crippen LogP contribution is -2.23. The molecule has 2 aromatic rings. The summed E-state index contributed by atoms with van der Waals surface area (Å²) < 4.78 is 11.6. The second kappa shape index (κ2) is 7.32. The molecule has 0 spiro atoms. The van der Waals surface area contributed by atoms with Crippen LogP contribution in [0.1, 0.15) is 16.9 Å². The first-order valence-corrected chi connectivity index (χ1v) is 8.57. The van der Waals surface area contributed by atoms with Crippen molar-refractivity contribution in [1.29, 1.82) is 0 Å². The monoisotopic (exact) mass is 390 g/mol. The van der Waals surface area contributed by atoms with Gasteiger partial charge in [0.25, 0.3) is 0 Å². The van der Waals surface area contributed by atoms with Gasteiger partial charge in [-0.25, -0.2) is 9.78 Å². The van der Waals surface area contributed by atoms with Crippen LogP contribution in [0.25, 0.3) is 10.9 Å². The minimum Gasteiger partial charge on any atom is -0.464 e. The van der Waals surface area contributed by atoms with E-state index in [1.807, 2.05) is 18.2 Å². The summed E-state index contributed by atoms with van der Waals surface area (Å²) in [5.41, 5.74) is 2.07. The van der Waals surface area contributed by atoms with Crippen LogP contribution in [0, 0.1) is 0 Å². The van der Waals surface area contributed by atoms with Crippen molar-refractivity contribution < 1.29 is 14.3 Å². The number of anilines is 1. The predicted octanol–water partition coefficient (Wildman–Crippen LogP) is 3.57. The van der Waals surface area contributed by atoms with Crippen molar-refractivity contribution in [3.8, 4) is 0 Å². The van der Waals surface area contributed by atoms with Crippen LogP contribution >= 0.6 is 15.9 Å². The van der Waals surface area contributed by atoms with Gasteiger partial charge in [0, 0.05) is 28.6 Å². The normalized spacial score (nSPS) is 17.2. The molecule has 1 aliphatic heterocycles. The van der Waals surface area contributed by atoms with Crippen LogP contribution in [0.5, 0.6) is 0 Å². The number of fused-ring (bicyclic) bond motifs is 1. The van der Waals surface area contributed by atoms with Gasteiger partial charge in [0.1, 0.15) is 0 Å². The van der Waals surface area contributed by atoms with Crippen LogP contribution in [-0.4, -0.2) is 43.9 Å². The molecule has 2 heterocycles. The highest BCUT2D eigenvalue weighted by atomic mass is 79.9. The Morgan fingerprint density at radius 2 is 2.33 bits per heavy atom. The molecule has 0 N–H and O–H groups in total. The topological polar surface area (TPSA) is 51.7 Å². The van der Waals surface area contributed by atoms with Crippen molar-refractivity contribution in [1.82, 2.24) is 4.98 Å². The summed E-state index contributed by atoms with van der Waals surface area (Å²) in [6, 6.07) is 7.64. The Morgan fingerprint density at radius 1 is 1.50 bits per heavy atom. The molecule has 1 unspecified atom stereocenters. The van der Waals surface area contributed by atoms with Crippen LogP contribution in [0.3, 0.4) is 0 Å². The number of nitrogens with zero attached hydrogens (tertiary/aromatic N) is 2. The van der Waals surface area contributed by atoms with E-state index in [9.17, 15) is 4.79 Å². The first-order chi connectivity index (χ1) is 11.6. The third-order valence-corrected chi connectivity index (χ3v) is 4.57. The summed E-state index contributed by atoms with van der Waals surface area (Å²) in [7, 11) is 1.37. The van der Waals surface area contributed by atoms with Gasteiger partial charge < -0.3 is 14.4 Å². The third-order valence-electron chi connectivity index (χ3n) is 4.08. The largest absolute Gasteiger partial charge is 0.464 e. The molecule has 24 heavy (non-hydrogen) atoms. The summed E-state index contributed by atoms with van der Waals surface area (Å²) in [4.78, 5) is 18.6. The average molecular weight is 391 g/mol. The number of ether oxygens (including phenoxy) is 2. The number of carbonyl (C=O) groups excluding carboxylic acids is 1. The van der Waals surface area contributed by atoms with E-state index in [4.69, 9.17) is 9.47 Å². The van der Waals surface area contributed by atoms with E-state index in [0.29, 0.717) is 12.3 Å². The minimum absolute atomic E-state index is 0.167. The Morgan fingerprint density at radius 3 is 3.08 bits per heavy atom. The van der Waals surface area contributed by atoms with E-state index in [-0.39, 0.29) is 6.10 Å². The lowest BCUT2D eigenvalue weighted by molar-refractivity contribution is 0.0594. The Kier molecular flexibility index (Phi) is 5.16. The van der Waals surface area contributed by atoms with Gasteiger partial charge in [-0.05, 0) is 30.7 Å². The molecule has 0 aliphatic carbocycles. The first kappa shape index (κ1) is 16.9. The van der Waals surface area contributed by atoms with Crippen molar-refractivity contribution in [2.75, 3.05) is 31.7 Å². The van der Waals surface area contributed by atoms with Gasteiger partial charge in [-0.3, -0.25) is 0 Å². The van der Waals surface area contributed by atoms with E-state index in [0.717, 1.165) is 40.6 Å². The van der Waals surface area contributed by atoms with Gasteiger partial charge >= 0.3 is 5.97 Å². The predicted molar refractivity (Wildman–Crippen MR) is 97.5 cm³/mol. The number of hydrogen-bond donors (Lipinski definition) is 0.